The number of nitrogens with one attached hydrogen (secondary N) is 1. The molecule has 0 atom stereocenters. The van der Waals surface area contributed by atoms with Gasteiger partial charge in [-0.1, -0.05) is 19.4 Å². The van der Waals surface area contributed by atoms with Crippen LogP contribution in [0.25, 0.3) is 16.7 Å². The van der Waals surface area contributed by atoms with Crippen LogP contribution in [0.5, 0.6) is 0 Å². The van der Waals surface area contributed by atoms with E-state index < -0.39 is 0 Å². The van der Waals surface area contributed by atoms with E-state index in [1.165, 1.54) is 18.4 Å². The minimum absolute atomic E-state index is 0.778. The average molecular weight is 298 g/mol. The van der Waals surface area contributed by atoms with Crippen LogP contribution in [0.4, 0.5) is 0 Å². The molecule has 1 aliphatic rings. The van der Waals surface area contributed by atoms with E-state index in [4.69, 9.17) is 9.72 Å². The molecule has 3 rings (SSSR count). The van der Waals surface area contributed by atoms with Gasteiger partial charge in [0.15, 0.2) is 5.65 Å². The predicted octanol–water partition coefficient (Wildman–Crippen LogP) is 2.79. The van der Waals surface area contributed by atoms with Gasteiger partial charge in [-0.3, -0.25) is 0 Å². The second-order valence-electron chi connectivity index (χ2n) is 5.52. The lowest BCUT2D eigenvalue weighted by Crippen LogP contribution is -2.15. The second kappa shape index (κ2) is 6.22. The van der Waals surface area contributed by atoms with Crippen LogP contribution in [0.1, 0.15) is 31.2 Å². The van der Waals surface area contributed by atoms with Crippen LogP contribution >= 0.6 is 0 Å². The minimum atomic E-state index is 0.778. The molecule has 0 bridgehead atoms. The van der Waals surface area contributed by atoms with Gasteiger partial charge in [-0.15, -0.1) is 0 Å². The second-order valence-corrected chi connectivity index (χ2v) is 5.52. The summed E-state index contributed by atoms with van der Waals surface area (Å²) in [5, 5.41) is 3.15. The van der Waals surface area contributed by atoms with E-state index in [9.17, 15) is 0 Å². The van der Waals surface area contributed by atoms with Crippen molar-refractivity contribution in [2.45, 2.75) is 26.2 Å². The van der Waals surface area contributed by atoms with Gasteiger partial charge in [0.1, 0.15) is 17.1 Å². The third-order valence-electron chi connectivity index (χ3n) is 3.97. The molecule has 1 aliphatic heterocycles. The third-order valence-corrected chi connectivity index (χ3v) is 3.97. The van der Waals surface area contributed by atoms with Gasteiger partial charge in [-0.2, -0.15) is 0 Å². The molecule has 3 heterocycles. The summed E-state index contributed by atoms with van der Waals surface area (Å²) in [5.41, 5.74) is 4.11. The molecule has 0 saturated heterocycles. The zero-order valence-corrected chi connectivity index (χ0v) is 13.4. The first kappa shape index (κ1) is 14.6. The van der Waals surface area contributed by atoms with E-state index >= 15 is 0 Å². The largest absolute Gasteiger partial charge is 0.494 e. The molecular weight excluding hydrogens is 276 g/mol. The Hall–Kier alpha value is -2.30. The maximum atomic E-state index is 5.44. The maximum Gasteiger partial charge on any atom is 0.160 e. The molecule has 116 valence electrons. The Labute approximate surface area is 130 Å². The van der Waals surface area contributed by atoms with Crippen LogP contribution in [0.3, 0.4) is 0 Å². The van der Waals surface area contributed by atoms with Crippen molar-refractivity contribution in [2.75, 3.05) is 13.7 Å². The summed E-state index contributed by atoms with van der Waals surface area (Å²) in [6, 6.07) is 2.15. The normalized spacial score (nSPS) is 14.5. The van der Waals surface area contributed by atoms with E-state index in [2.05, 4.69) is 29.4 Å². The highest BCUT2D eigenvalue weighted by Gasteiger charge is 2.18. The Morgan fingerprint density at radius 3 is 3.05 bits per heavy atom. The van der Waals surface area contributed by atoms with Crippen molar-refractivity contribution in [1.29, 1.82) is 0 Å². The number of aryl methyl sites for hydroxylation is 2. The van der Waals surface area contributed by atoms with Gasteiger partial charge in [0, 0.05) is 26.0 Å². The fourth-order valence-corrected chi connectivity index (χ4v) is 2.74. The SMILES string of the molecule is CCCCc1cnc2c(c1)nc(C1=CCNC=C1OC)n2C. The standard InChI is InChI=1S/C17H22N4O/c1-4-5-6-12-9-14-17(19-10-12)21(2)16(20-14)13-7-8-18-11-15(13)22-3/h7,9-11,18H,4-6,8H2,1-3H3. The van der Waals surface area contributed by atoms with Crippen LogP contribution in [0.2, 0.25) is 0 Å². The van der Waals surface area contributed by atoms with Crippen molar-refractivity contribution in [3.8, 4) is 0 Å². The van der Waals surface area contributed by atoms with Gasteiger partial charge in [-0.25, -0.2) is 9.97 Å². The number of dihydropyridines is 1. The molecule has 5 nitrogen and oxygen atoms in total. The van der Waals surface area contributed by atoms with Gasteiger partial charge in [0.05, 0.1) is 12.7 Å². The topological polar surface area (TPSA) is 52.0 Å². The van der Waals surface area contributed by atoms with Crippen LogP contribution < -0.4 is 5.32 Å². The Bertz CT molecular complexity index is 742. The van der Waals surface area contributed by atoms with Gasteiger partial charge >= 0.3 is 0 Å². The zero-order chi connectivity index (χ0) is 15.5. The van der Waals surface area contributed by atoms with Crippen LogP contribution in [0.15, 0.2) is 30.3 Å². The van der Waals surface area contributed by atoms with Gasteiger partial charge < -0.3 is 14.6 Å². The Morgan fingerprint density at radius 2 is 2.27 bits per heavy atom. The molecule has 0 aromatic carbocycles. The number of nitrogens with zero attached hydrogens (tertiary/aromatic N) is 3. The zero-order valence-electron chi connectivity index (χ0n) is 13.4. The lowest BCUT2D eigenvalue weighted by atomic mass is 10.1. The third kappa shape index (κ3) is 2.58. The number of pyridine rings is 1. The van der Waals surface area contributed by atoms with Gasteiger partial charge in [-0.05, 0) is 24.5 Å². The molecule has 22 heavy (non-hydrogen) atoms. The van der Waals surface area contributed by atoms with Crippen molar-refractivity contribution in [1.82, 2.24) is 19.9 Å². The molecule has 0 aliphatic carbocycles. The highest BCUT2D eigenvalue weighted by atomic mass is 16.5. The first-order valence-electron chi connectivity index (χ1n) is 7.74. The van der Waals surface area contributed by atoms with Crippen molar-refractivity contribution in [3.63, 3.8) is 0 Å². The van der Waals surface area contributed by atoms with Crippen molar-refractivity contribution in [3.05, 3.63) is 41.7 Å². The number of aromatic nitrogens is 3. The van der Waals surface area contributed by atoms with E-state index in [0.717, 1.165) is 41.3 Å². The molecule has 2 aromatic rings. The number of allylic oxidation sites excluding steroid dienone is 1. The maximum absolute atomic E-state index is 5.44. The van der Waals surface area contributed by atoms with Crippen LogP contribution in [-0.4, -0.2) is 28.2 Å². The first-order chi connectivity index (χ1) is 10.7. The van der Waals surface area contributed by atoms with Gasteiger partial charge in [0.2, 0.25) is 0 Å². The van der Waals surface area contributed by atoms with E-state index in [-0.39, 0.29) is 0 Å². The summed E-state index contributed by atoms with van der Waals surface area (Å²) in [6.45, 7) is 2.98. The van der Waals surface area contributed by atoms with Crippen molar-refractivity contribution in [2.24, 2.45) is 7.05 Å². The van der Waals surface area contributed by atoms with Crippen molar-refractivity contribution < 1.29 is 4.74 Å². The quantitative estimate of drug-likeness (QED) is 0.922. The smallest absolute Gasteiger partial charge is 0.160 e. The molecule has 0 amide bonds. The molecule has 0 saturated carbocycles. The monoisotopic (exact) mass is 298 g/mol. The fourth-order valence-electron chi connectivity index (χ4n) is 2.74. The Morgan fingerprint density at radius 1 is 1.41 bits per heavy atom. The van der Waals surface area contributed by atoms with E-state index in [1.807, 2.05) is 24.0 Å². The van der Waals surface area contributed by atoms with Crippen LogP contribution in [0, 0.1) is 0 Å². The number of methoxy groups -OCH3 is 1. The highest BCUT2D eigenvalue weighted by molar-refractivity contribution is 5.81. The highest BCUT2D eigenvalue weighted by Crippen LogP contribution is 2.26. The molecule has 2 aromatic heterocycles. The summed E-state index contributed by atoms with van der Waals surface area (Å²) < 4.78 is 7.47. The number of rotatable bonds is 5. The number of imidazole rings is 1. The number of ether oxygens (including phenoxy) is 1. The molecule has 0 fully saturated rings. The molecule has 1 N–H and O–H groups in total. The average Bonchev–Trinajstić information content (AvgIpc) is 2.89. The summed E-state index contributed by atoms with van der Waals surface area (Å²) >= 11 is 0. The Balaban J connectivity index is 2.02. The molecule has 0 unspecified atom stereocenters. The first-order valence-corrected chi connectivity index (χ1v) is 7.74. The number of unbranched alkanes of at least 4 members (excludes halogenated alkanes) is 1. The summed E-state index contributed by atoms with van der Waals surface area (Å²) in [6.07, 6.45) is 9.37. The summed E-state index contributed by atoms with van der Waals surface area (Å²) in [5.74, 6) is 1.70. The van der Waals surface area contributed by atoms with Crippen LogP contribution in [-0.2, 0) is 18.2 Å². The Kier molecular flexibility index (Phi) is 4.13. The molecular formula is C17H22N4O. The number of fused-ring (bicyclic) bond motifs is 1. The lowest BCUT2D eigenvalue weighted by Gasteiger charge is -2.15. The molecule has 0 radical (unpaired) electrons. The van der Waals surface area contributed by atoms with E-state index in [0.29, 0.717) is 0 Å². The summed E-state index contributed by atoms with van der Waals surface area (Å²) in [7, 11) is 3.68. The van der Waals surface area contributed by atoms with Gasteiger partial charge in [0.25, 0.3) is 0 Å². The number of hydrogen-bond donors (Lipinski definition) is 1. The predicted molar refractivity (Wildman–Crippen MR) is 88.2 cm³/mol. The molecule has 0 spiro atoms. The lowest BCUT2D eigenvalue weighted by molar-refractivity contribution is 0.306. The fraction of sp³-hybridized carbons (Fsp3) is 0.412. The molecule has 5 heteroatoms. The summed E-state index contributed by atoms with van der Waals surface area (Å²) in [4.78, 5) is 9.38. The van der Waals surface area contributed by atoms with Crippen molar-refractivity contribution >= 4 is 16.7 Å². The number of hydrogen-bond acceptors (Lipinski definition) is 4. The van der Waals surface area contributed by atoms with E-state index in [1.54, 1.807) is 7.11 Å². The minimum Gasteiger partial charge on any atom is -0.494 e.